The molecule has 0 bridgehead atoms. The van der Waals surface area contributed by atoms with Crippen LogP contribution in [0.15, 0.2) is 94.5 Å². The van der Waals surface area contributed by atoms with Gasteiger partial charge in [0.1, 0.15) is 23.8 Å². The van der Waals surface area contributed by atoms with Gasteiger partial charge in [0.15, 0.2) is 11.9 Å². The first-order valence-corrected chi connectivity index (χ1v) is 9.16. The number of ketones is 1. The lowest BCUT2D eigenvalue weighted by Crippen LogP contribution is -2.24. The van der Waals surface area contributed by atoms with Gasteiger partial charge in [0.2, 0.25) is 0 Å². The van der Waals surface area contributed by atoms with Crippen molar-refractivity contribution in [3.8, 4) is 0 Å². The molecule has 0 N–H and O–H groups in total. The molecule has 0 radical (unpaired) electrons. The molecule has 3 rings (SSSR count). The Hall–Kier alpha value is -3.21. The SMILES string of the molecule is C=CC(=C)COC1=CC=C2N=C3C=CC(=O)C=C3OC2C=C1.CC.CC=NC. The largest absolute Gasteiger partial charge is 0.489 e. The summed E-state index contributed by atoms with van der Waals surface area (Å²) in [6, 6.07) is 0. The van der Waals surface area contributed by atoms with Crippen molar-refractivity contribution in [3.63, 3.8) is 0 Å². The van der Waals surface area contributed by atoms with E-state index in [1.807, 2.05) is 45.1 Å². The van der Waals surface area contributed by atoms with E-state index in [0.29, 0.717) is 23.8 Å². The third kappa shape index (κ3) is 6.83. The molecular formula is C23H28N2O3. The fraction of sp³-hybridized carbons (Fsp3) is 0.261. The van der Waals surface area contributed by atoms with E-state index in [-0.39, 0.29) is 11.9 Å². The smallest absolute Gasteiger partial charge is 0.182 e. The van der Waals surface area contributed by atoms with Crippen LogP contribution in [-0.4, -0.2) is 37.5 Å². The topological polar surface area (TPSA) is 60.2 Å². The zero-order chi connectivity index (χ0) is 20.9. The molecule has 0 aromatic heterocycles. The van der Waals surface area contributed by atoms with Crippen molar-refractivity contribution < 1.29 is 14.3 Å². The summed E-state index contributed by atoms with van der Waals surface area (Å²) in [5.41, 5.74) is 2.23. The summed E-state index contributed by atoms with van der Waals surface area (Å²) in [5.74, 6) is 1.10. The molecule has 1 unspecified atom stereocenters. The summed E-state index contributed by atoms with van der Waals surface area (Å²) in [4.78, 5) is 19.5. The van der Waals surface area contributed by atoms with Crippen LogP contribution in [0.1, 0.15) is 20.8 Å². The van der Waals surface area contributed by atoms with Crippen LogP contribution in [0.3, 0.4) is 0 Å². The highest BCUT2D eigenvalue weighted by atomic mass is 16.5. The maximum Gasteiger partial charge on any atom is 0.182 e. The van der Waals surface area contributed by atoms with Gasteiger partial charge >= 0.3 is 0 Å². The number of nitrogens with zero attached hydrogens (tertiary/aromatic N) is 2. The molecule has 0 saturated carbocycles. The minimum Gasteiger partial charge on any atom is -0.489 e. The Labute approximate surface area is 167 Å². The predicted octanol–water partition coefficient (Wildman–Crippen LogP) is 4.68. The van der Waals surface area contributed by atoms with E-state index in [4.69, 9.17) is 9.47 Å². The number of ether oxygens (including phenoxy) is 2. The third-order valence-electron chi connectivity index (χ3n) is 3.55. The molecule has 28 heavy (non-hydrogen) atoms. The van der Waals surface area contributed by atoms with Gasteiger partial charge in [-0.3, -0.25) is 4.79 Å². The highest BCUT2D eigenvalue weighted by Crippen LogP contribution is 2.27. The van der Waals surface area contributed by atoms with Crippen LogP contribution >= 0.6 is 0 Å². The first-order valence-electron chi connectivity index (χ1n) is 9.16. The monoisotopic (exact) mass is 380 g/mol. The van der Waals surface area contributed by atoms with Gasteiger partial charge in [0.05, 0.1) is 5.70 Å². The lowest BCUT2D eigenvalue weighted by atomic mass is 10.1. The van der Waals surface area contributed by atoms with Crippen LogP contribution in [0.5, 0.6) is 0 Å². The van der Waals surface area contributed by atoms with Gasteiger partial charge in [0, 0.05) is 13.1 Å². The third-order valence-corrected chi connectivity index (χ3v) is 3.55. The Bertz CT molecular complexity index is 802. The second-order valence-corrected chi connectivity index (χ2v) is 5.47. The Kier molecular flexibility index (Phi) is 9.97. The van der Waals surface area contributed by atoms with Crippen molar-refractivity contribution in [3.05, 3.63) is 84.6 Å². The molecule has 0 aromatic rings. The molecule has 0 fully saturated rings. The van der Waals surface area contributed by atoms with Crippen LogP contribution in [0.2, 0.25) is 0 Å². The minimum atomic E-state index is -0.325. The summed E-state index contributed by atoms with van der Waals surface area (Å²) in [6.07, 6.45) is 15.0. The van der Waals surface area contributed by atoms with Gasteiger partial charge in [-0.2, -0.15) is 0 Å². The standard InChI is InChI=1S/C18H15NO3.C3H7N.C2H6/c1-3-12(2)11-21-14-5-8-15-17(9-6-14)22-18-10-13(20)4-7-16(18)19-15;1-3-4-2;1-2/h3-10,17H,1-2,11H2;3H,1-2H3;1-2H3. The maximum absolute atomic E-state index is 11.4. The molecule has 2 aliphatic carbocycles. The second kappa shape index (κ2) is 12.2. The van der Waals surface area contributed by atoms with E-state index in [1.54, 1.807) is 25.4 Å². The summed E-state index contributed by atoms with van der Waals surface area (Å²) in [5, 5.41) is 0. The first kappa shape index (κ1) is 22.8. The van der Waals surface area contributed by atoms with Gasteiger partial charge < -0.3 is 14.5 Å². The molecular weight excluding hydrogens is 352 g/mol. The Morgan fingerprint density at radius 2 is 2.04 bits per heavy atom. The van der Waals surface area contributed by atoms with Gasteiger partial charge in [0.25, 0.3) is 0 Å². The molecule has 0 spiro atoms. The number of allylic oxidation sites excluding steroid dienone is 6. The lowest BCUT2D eigenvalue weighted by molar-refractivity contribution is -0.110. The second-order valence-electron chi connectivity index (χ2n) is 5.47. The molecule has 5 nitrogen and oxygen atoms in total. The molecule has 3 aliphatic rings. The summed E-state index contributed by atoms with van der Waals surface area (Å²) >= 11 is 0. The van der Waals surface area contributed by atoms with E-state index in [0.717, 1.165) is 11.3 Å². The minimum absolute atomic E-state index is 0.0935. The summed E-state index contributed by atoms with van der Waals surface area (Å²) in [7, 11) is 1.75. The van der Waals surface area contributed by atoms with Gasteiger partial charge in [-0.1, -0.05) is 33.1 Å². The Morgan fingerprint density at radius 3 is 2.68 bits per heavy atom. The van der Waals surface area contributed by atoms with Crippen molar-refractivity contribution in [2.45, 2.75) is 26.9 Å². The first-order chi connectivity index (χ1) is 13.6. The van der Waals surface area contributed by atoms with Crippen molar-refractivity contribution in [1.82, 2.24) is 0 Å². The average Bonchev–Trinajstić information content (AvgIpc) is 2.93. The molecule has 1 atom stereocenters. The molecule has 0 aromatic carbocycles. The van der Waals surface area contributed by atoms with E-state index >= 15 is 0 Å². The number of carbonyl (C=O) groups is 1. The van der Waals surface area contributed by atoms with Crippen LogP contribution < -0.4 is 0 Å². The average molecular weight is 380 g/mol. The van der Waals surface area contributed by atoms with E-state index in [2.05, 4.69) is 23.1 Å². The van der Waals surface area contributed by atoms with Crippen molar-refractivity contribution in [2.75, 3.05) is 13.7 Å². The Morgan fingerprint density at radius 1 is 1.32 bits per heavy atom. The van der Waals surface area contributed by atoms with E-state index in [9.17, 15) is 4.79 Å². The number of hydrogen-bond acceptors (Lipinski definition) is 5. The fourth-order valence-electron chi connectivity index (χ4n) is 2.09. The van der Waals surface area contributed by atoms with Crippen molar-refractivity contribution >= 4 is 17.7 Å². The molecule has 0 saturated heterocycles. The zero-order valence-corrected chi connectivity index (χ0v) is 17.0. The van der Waals surface area contributed by atoms with Crippen LogP contribution in [0.4, 0.5) is 0 Å². The molecule has 5 heteroatoms. The molecule has 1 heterocycles. The summed E-state index contributed by atoms with van der Waals surface area (Å²) in [6.45, 7) is 13.7. The van der Waals surface area contributed by atoms with Crippen molar-refractivity contribution in [2.24, 2.45) is 9.98 Å². The van der Waals surface area contributed by atoms with E-state index < -0.39 is 0 Å². The number of aliphatic imine (C=N–C) groups is 2. The van der Waals surface area contributed by atoms with E-state index in [1.165, 1.54) is 12.2 Å². The van der Waals surface area contributed by atoms with Crippen molar-refractivity contribution in [1.29, 1.82) is 0 Å². The normalized spacial score (nSPS) is 18.9. The summed E-state index contributed by atoms with van der Waals surface area (Å²) < 4.78 is 11.4. The number of hydrogen-bond donors (Lipinski definition) is 0. The molecule has 1 aliphatic heterocycles. The quantitative estimate of drug-likeness (QED) is 0.404. The fourth-order valence-corrected chi connectivity index (χ4v) is 2.09. The van der Waals surface area contributed by atoms with Gasteiger partial charge in [-0.05, 0) is 55.2 Å². The molecule has 148 valence electrons. The Balaban J connectivity index is 0.000000583. The number of fused-ring (bicyclic) bond motifs is 2. The maximum atomic E-state index is 11.4. The highest BCUT2D eigenvalue weighted by molar-refractivity contribution is 6.19. The predicted molar refractivity (Wildman–Crippen MR) is 117 cm³/mol. The molecule has 0 amide bonds. The number of carbonyl (C=O) groups excluding carboxylic acids is 1. The highest BCUT2D eigenvalue weighted by Gasteiger charge is 2.25. The van der Waals surface area contributed by atoms with Crippen LogP contribution in [0.25, 0.3) is 0 Å². The van der Waals surface area contributed by atoms with Gasteiger partial charge in [-0.25, -0.2) is 4.99 Å². The zero-order valence-electron chi connectivity index (χ0n) is 17.0. The van der Waals surface area contributed by atoms with Crippen LogP contribution in [-0.2, 0) is 14.3 Å². The number of rotatable bonds is 4. The lowest BCUT2D eigenvalue weighted by Gasteiger charge is -2.24. The van der Waals surface area contributed by atoms with Crippen LogP contribution in [0, 0.1) is 0 Å². The van der Waals surface area contributed by atoms with Gasteiger partial charge in [-0.15, -0.1) is 0 Å².